The van der Waals surface area contributed by atoms with Crippen LogP contribution >= 0.6 is 11.6 Å². The van der Waals surface area contributed by atoms with Crippen LogP contribution in [0.2, 0.25) is 5.02 Å². The zero-order valence-electron chi connectivity index (χ0n) is 12.4. The molecule has 1 amide bonds. The van der Waals surface area contributed by atoms with Gasteiger partial charge in [-0.25, -0.2) is 4.99 Å². The van der Waals surface area contributed by atoms with E-state index in [-0.39, 0.29) is 11.9 Å². The quantitative estimate of drug-likeness (QED) is 0.782. The standard InChI is InChI=1S/C19H15ClN2O/c20-15-8-6-13(7-9-15)12-17-19(23)22(16-10-11-16)18(21-17)14-4-2-1-3-5-14/h1-9,12,16H,10-11H2/b17-12-. The first-order chi connectivity index (χ1) is 11.2. The highest BCUT2D eigenvalue weighted by Gasteiger charge is 2.41. The van der Waals surface area contributed by atoms with Gasteiger partial charge in [0, 0.05) is 16.6 Å². The number of amidine groups is 1. The fraction of sp³-hybridized carbons (Fsp3) is 0.158. The van der Waals surface area contributed by atoms with Crippen LogP contribution in [0.1, 0.15) is 24.0 Å². The third kappa shape index (κ3) is 2.80. The molecule has 23 heavy (non-hydrogen) atoms. The number of amides is 1. The van der Waals surface area contributed by atoms with E-state index >= 15 is 0 Å². The molecule has 2 aliphatic rings. The van der Waals surface area contributed by atoms with Gasteiger partial charge >= 0.3 is 0 Å². The fourth-order valence-electron chi connectivity index (χ4n) is 2.71. The van der Waals surface area contributed by atoms with Gasteiger partial charge in [0.1, 0.15) is 11.5 Å². The van der Waals surface area contributed by atoms with Crippen LogP contribution in [0.4, 0.5) is 0 Å². The number of rotatable bonds is 3. The Morgan fingerprint density at radius 3 is 2.39 bits per heavy atom. The van der Waals surface area contributed by atoms with Crippen molar-refractivity contribution in [1.82, 2.24) is 4.90 Å². The second-order valence-corrected chi connectivity index (χ2v) is 6.23. The summed E-state index contributed by atoms with van der Waals surface area (Å²) < 4.78 is 0. The zero-order valence-corrected chi connectivity index (χ0v) is 13.2. The molecule has 0 aromatic heterocycles. The van der Waals surface area contributed by atoms with Crippen molar-refractivity contribution in [1.29, 1.82) is 0 Å². The first-order valence-corrected chi connectivity index (χ1v) is 8.05. The van der Waals surface area contributed by atoms with Crippen LogP contribution in [0.15, 0.2) is 65.3 Å². The SMILES string of the molecule is O=C1/C(=C/c2ccc(Cl)cc2)N=C(c2ccccc2)N1C1CC1. The Hall–Kier alpha value is -2.39. The van der Waals surface area contributed by atoms with Crippen molar-refractivity contribution in [2.75, 3.05) is 0 Å². The second kappa shape index (κ2) is 5.67. The highest BCUT2D eigenvalue weighted by atomic mass is 35.5. The van der Waals surface area contributed by atoms with E-state index in [4.69, 9.17) is 11.6 Å². The van der Waals surface area contributed by atoms with Gasteiger partial charge < -0.3 is 0 Å². The molecule has 1 aliphatic carbocycles. The van der Waals surface area contributed by atoms with E-state index in [0.717, 1.165) is 29.8 Å². The van der Waals surface area contributed by atoms with Crippen molar-refractivity contribution >= 4 is 29.4 Å². The van der Waals surface area contributed by atoms with Crippen molar-refractivity contribution in [2.45, 2.75) is 18.9 Å². The molecule has 0 radical (unpaired) electrons. The summed E-state index contributed by atoms with van der Waals surface area (Å²) in [5, 5.41) is 0.679. The summed E-state index contributed by atoms with van der Waals surface area (Å²) in [7, 11) is 0. The molecular weight excluding hydrogens is 308 g/mol. The smallest absolute Gasteiger partial charge is 0.278 e. The van der Waals surface area contributed by atoms with Gasteiger partial charge in [-0.1, -0.05) is 54.1 Å². The van der Waals surface area contributed by atoms with Gasteiger partial charge in [-0.15, -0.1) is 0 Å². The lowest BCUT2D eigenvalue weighted by atomic mass is 10.2. The normalized spacial score (nSPS) is 19.3. The summed E-state index contributed by atoms with van der Waals surface area (Å²) >= 11 is 5.91. The molecule has 0 spiro atoms. The number of hydrogen-bond acceptors (Lipinski definition) is 2. The van der Waals surface area contributed by atoms with Gasteiger partial charge in [0.15, 0.2) is 0 Å². The molecule has 1 aliphatic heterocycles. The highest BCUT2D eigenvalue weighted by Crippen LogP contribution is 2.34. The molecular formula is C19H15ClN2O. The largest absolute Gasteiger partial charge is 0.288 e. The molecule has 1 fully saturated rings. The van der Waals surface area contributed by atoms with Crippen molar-refractivity contribution in [2.24, 2.45) is 4.99 Å². The number of nitrogens with zero attached hydrogens (tertiary/aromatic N) is 2. The average molecular weight is 323 g/mol. The van der Waals surface area contributed by atoms with E-state index in [1.165, 1.54) is 0 Å². The second-order valence-electron chi connectivity index (χ2n) is 5.79. The molecule has 3 nitrogen and oxygen atoms in total. The lowest BCUT2D eigenvalue weighted by Gasteiger charge is -2.17. The predicted molar refractivity (Wildman–Crippen MR) is 92.3 cm³/mol. The summed E-state index contributed by atoms with van der Waals surface area (Å²) in [5.74, 6) is 0.750. The Morgan fingerprint density at radius 2 is 1.74 bits per heavy atom. The Balaban J connectivity index is 1.74. The van der Waals surface area contributed by atoms with Crippen molar-refractivity contribution in [3.05, 3.63) is 76.4 Å². The van der Waals surface area contributed by atoms with E-state index in [2.05, 4.69) is 4.99 Å². The van der Waals surface area contributed by atoms with E-state index in [1.54, 1.807) is 0 Å². The minimum Gasteiger partial charge on any atom is -0.288 e. The summed E-state index contributed by atoms with van der Waals surface area (Å²) in [6, 6.07) is 17.6. The average Bonchev–Trinajstić information content (AvgIpc) is 3.36. The maximum absolute atomic E-state index is 12.8. The Morgan fingerprint density at radius 1 is 1.04 bits per heavy atom. The molecule has 0 unspecified atom stereocenters. The molecule has 2 aromatic rings. The van der Waals surface area contributed by atoms with Crippen LogP contribution in [0.25, 0.3) is 6.08 Å². The summed E-state index contributed by atoms with van der Waals surface area (Å²) in [4.78, 5) is 19.2. The first-order valence-electron chi connectivity index (χ1n) is 7.67. The van der Waals surface area contributed by atoms with Gasteiger partial charge in [-0.05, 0) is 36.6 Å². The van der Waals surface area contributed by atoms with Crippen LogP contribution < -0.4 is 0 Å². The van der Waals surface area contributed by atoms with Gasteiger partial charge in [0.2, 0.25) is 0 Å². The number of carbonyl (C=O) groups is 1. The third-order valence-electron chi connectivity index (χ3n) is 4.01. The first kappa shape index (κ1) is 14.2. The number of hydrogen-bond donors (Lipinski definition) is 0. The van der Waals surface area contributed by atoms with Crippen molar-refractivity contribution < 1.29 is 4.79 Å². The van der Waals surface area contributed by atoms with E-state index in [1.807, 2.05) is 65.6 Å². The van der Waals surface area contributed by atoms with E-state index in [0.29, 0.717) is 10.7 Å². The third-order valence-corrected chi connectivity index (χ3v) is 4.26. The Bertz CT molecular complexity index is 805. The molecule has 0 bridgehead atoms. The molecule has 1 saturated carbocycles. The molecule has 2 aromatic carbocycles. The lowest BCUT2D eigenvalue weighted by Crippen LogP contribution is -2.34. The predicted octanol–water partition coefficient (Wildman–Crippen LogP) is 4.13. The highest BCUT2D eigenvalue weighted by molar-refractivity contribution is 6.30. The van der Waals surface area contributed by atoms with E-state index in [9.17, 15) is 4.79 Å². The number of carbonyl (C=O) groups excluding carboxylic acids is 1. The zero-order chi connectivity index (χ0) is 15.8. The molecule has 0 atom stereocenters. The molecule has 114 valence electrons. The summed E-state index contributed by atoms with van der Waals surface area (Å²) in [5.41, 5.74) is 2.39. The van der Waals surface area contributed by atoms with Crippen LogP contribution in [-0.4, -0.2) is 22.7 Å². The maximum atomic E-state index is 12.8. The van der Waals surface area contributed by atoms with Crippen LogP contribution in [0.5, 0.6) is 0 Å². The minimum atomic E-state index is -0.0127. The lowest BCUT2D eigenvalue weighted by molar-refractivity contribution is -0.122. The molecule has 0 N–H and O–H groups in total. The van der Waals surface area contributed by atoms with Crippen LogP contribution in [0.3, 0.4) is 0 Å². The Kier molecular flexibility index (Phi) is 3.50. The number of aliphatic imine (C=N–C) groups is 1. The Labute approximate surface area is 139 Å². The molecule has 4 rings (SSSR count). The fourth-order valence-corrected chi connectivity index (χ4v) is 2.83. The van der Waals surface area contributed by atoms with Gasteiger partial charge in [-0.3, -0.25) is 9.69 Å². The van der Waals surface area contributed by atoms with E-state index < -0.39 is 0 Å². The molecule has 0 saturated heterocycles. The molecule has 1 heterocycles. The summed E-state index contributed by atoms with van der Waals surface area (Å²) in [6.45, 7) is 0. The monoisotopic (exact) mass is 322 g/mol. The molecule has 4 heteroatoms. The number of benzene rings is 2. The van der Waals surface area contributed by atoms with Gasteiger partial charge in [0.05, 0.1) is 0 Å². The summed E-state index contributed by atoms with van der Waals surface area (Å²) in [6.07, 6.45) is 3.92. The van der Waals surface area contributed by atoms with Crippen molar-refractivity contribution in [3.8, 4) is 0 Å². The van der Waals surface area contributed by atoms with Crippen LogP contribution in [0, 0.1) is 0 Å². The van der Waals surface area contributed by atoms with Crippen LogP contribution in [-0.2, 0) is 4.79 Å². The van der Waals surface area contributed by atoms with Gasteiger partial charge in [-0.2, -0.15) is 0 Å². The topological polar surface area (TPSA) is 32.7 Å². The van der Waals surface area contributed by atoms with Crippen molar-refractivity contribution in [3.63, 3.8) is 0 Å². The van der Waals surface area contributed by atoms with Gasteiger partial charge in [0.25, 0.3) is 5.91 Å². The number of halogens is 1. The minimum absolute atomic E-state index is 0.0127. The maximum Gasteiger partial charge on any atom is 0.278 e.